The first-order valence-corrected chi connectivity index (χ1v) is 9.66. The third-order valence-corrected chi connectivity index (χ3v) is 7.27. The van der Waals surface area contributed by atoms with Crippen LogP contribution in [-0.4, -0.2) is 0 Å². The Morgan fingerprint density at radius 3 is 2.42 bits per heavy atom. The molecule has 0 saturated carbocycles. The Bertz CT molecular complexity index is 1230. The summed E-state index contributed by atoms with van der Waals surface area (Å²) >= 11 is 3.85. The molecule has 3 heterocycles. The van der Waals surface area contributed by atoms with Gasteiger partial charge in [0.25, 0.3) is 0 Å². The van der Waals surface area contributed by atoms with Gasteiger partial charge in [0.15, 0.2) is 6.20 Å². The minimum atomic E-state index is 1.28. The number of thiophene rings is 2. The number of aryl methyl sites for hydroxylation is 2. The second-order valence-corrected chi connectivity index (χ2v) is 8.26. The second-order valence-electron chi connectivity index (χ2n) is 6.19. The van der Waals surface area contributed by atoms with E-state index < -0.39 is 0 Å². The number of hydrogen-bond acceptors (Lipinski definition) is 2. The van der Waals surface area contributed by atoms with Crippen molar-refractivity contribution in [2.75, 3.05) is 0 Å². The van der Waals surface area contributed by atoms with E-state index in [-0.39, 0.29) is 0 Å². The molecule has 0 unspecified atom stereocenters. The molecule has 0 aliphatic rings. The Morgan fingerprint density at radius 1 is 0.750 bits per heavy atom. The van der Waals surface area contributed by atoms with Crippen LogP contribution in [0.3, 0.4) is 0 Å². The third-order valence-electron chi connectivity index (χ3n) is 4.68. The fourth-order valence-corrected chi connectivity index (χ4v) is 6.32. The van der Waals surface area contributed by atoms with E-state index in [0.29, 0.717) is 0 Å². The van der Waals surface area contributed by atoms with E-state index >= 15 is 0 Å². The Hall–Kier alpha value is -2.23. The van der Waals surface area contributed by atoms with Gasteiger partial charge >= 0.3 is 0 Å². The molecule has 5 rings (SSSR count). The van der Waals surface area contributed by atoms with Crippen LogP contribution in [0.1, 0.15) is 5.56 Å². The van der Waals surface area contributed by atoms with Crippen LogP contribution in [0.2, 0.25) is 0 Å². The number of fused-ring (bicyclic) bond motifs is 5. The number of rotatable bonds is 1. The predicted octanol–water partition coefficient (Wildman–Crippen LogP) is 6.07. The lowest BCUT2D eigenvalue weighted by Crippen LogP contribution is -2.30. The molecule has 2 aromatic carbocycles. The van der Waals surface area contributed by atoms with Crippen molar-refractivity contribution in [3.8, 4) is 11.3 Å². The lowest BCUT2D eigenvalue weighted by Gasteiger charge is -2.05. The number of hydrogen-bond donors (Lipinski definition) is 0. The lowest BCUT2D eigenvalue weighted by atomic mass is 10.0. The van der Waals surface area contributed by atoms with E-state index in [1.54, 1.807) is 0 Å². The van der Waals surface area contributed by atoms with Gasteiger partial charge in [0.1, 0.15) is 7.05 Å². The molecule has 0 amide bonds. The van der Waals surface area contributed by atoms with E-state index in [4.69, 9.17) is 0 Å². The van der Waals surface area contributed by atoms with E-state index in [1.165, 1.54) is 46.4 Å². The quantitative estimate of drug-likeness (QED) is 0.324. The molecular weight excluding hydrogens is 330 g/mol. The van der Waals surface area contributed by atoms with Crippen LogP contribution in [0, 0.1) is 6.92 Å². The minimum absolute atomic E-state index is 1.28. The summed E-state index contributed by atoms with van der Waals surface area (Å²) in [4.78, 5) is 0. The molecule has 0 fully saturated rings. The van der Waals surface area contributed by atoms with Crippen molar-refractivity contribution in [3.63, 3.8) is 0 Å². The zero-order valence-electron chi connectivity index (χ0n) is 13.5. The van der Waals surface area contributed by atoms with Crippen LogP contribution in [0.5, 0.6) is 0 Å². The molecule has 116 valence electrons. The summed E-state index contributed by atoms with van der Waals surface area (Å²) in [6, 6.07) is 19.7. The average molecular weight is 347 g/mol. The number of aromatic nitrogens is 1. The second kappa shape index (κ2) is 5.13. The molecule has 24 heavy (non-hydrogen) atoms. The van der Waals surface area contributed by atoms with Crippen molar-refractivity contribution in [3.05, 3.63) is 66.4 Å². The average Bonchev–Trinajstić information content (AvgIpc) is 3.12. The summed E-state index contributed by atoms with van der Waals surface area (Å²) in [7, 11) is 2.12. The van der Waals surface area contributed by atoms with E-state index in [2.05, 4.69) is 79.3 Å². The van der Waals surface area contributed by atoms with Crippen molar-refractivity contribution < 1.29 is 4.57 Å². The highest BCUT2D eigenvalue weighted by Gasteiger charge is 2.20. The first-order valence-electron chi connectivity index (χ1n) is 8.02. The summed E-state index contributed by atoms with van der Waals surface area (Å²) in [6.45, 7) is 2.22. The van der Waals surface area contributed by atoms with Gasteiger partial charge in [0.2, 0.25) is 5.69 Å². The van der Waals surface area contributed by atoms with Crippen LogP contribution >= 0.6 is 22.7 Å². The summed E-state index contributed by atoms with van der Waals surface area (Å²) < 4.78 is 7.86. The maximum Gasteiger partial charge on any atom is 0.213 e. The van der Waals surface area contributed by atoms with Gasteiger partial charge < -0.3 is 0 Å². The lowest BCUT2D eigenvalue weighted by molar-refractivity contribution is -0.660. The fraction of sp³-hybridized carbons (Fsp3) is 0.0952. The summed E-state index contributed by atoms with van der Waals surface area (Å²) in [5.74, 6) is 0. The van der Waals surface area contributed by atoms with Crippen LogP contribution in [0.25, 0.3) is 40.8 Å². The van der Waals surface area contributed by atoms with Crippen molar-refractivity contribution in [1.82, 2.24) is 0 Å². The fourth-order valence-electron chi connectivity index (χ4n) is 3.47. The topological polar surface area (TPSA) is 3.88 Å². The van der Waals surface area contributed by atoms with Gasteiger partial charge in [-0.15, -0.1) is 22.7 Å². The number of benzene rings is 2. The Morgan fingerprint density at radius 2 is 1.54 bits per heavy atom. The highest BCUT2D eigenvalue weighted by molar-refractivity contribution is 7.36. The molecule has 5 aromatic rings. The van der Waals surface area contributed by atoms with E-state index in [0.717, 1.165) is 0 Å². The SMILES string of the molecule is Cc1ccc2c(sc3c4ccccc4sc23)c1-c1cccc[n+]1C. The van der Waals surface area contributed by atoms with Crippen LogP contribution < -0.4 is 4.57 Å². The zero-order chi connectivity index (χ0) is 16.3. The van der Waals surface area contributed by atoms with Gasteiger partial charge in [0, 0.05) is 27.6 Å². The minimum Gasteiger partial charge on any atom is -0.201 e. The monoisotopic (exact) mass is 346 g/mol. The summed E-state index contributed by atoms with van der Waals surface area (Å²) in [5.41, 5.74) is 3.98. The van der Waals surface area contributed by atoms with Crippen molar-refractivity contribution in [2.45, 2.75) is 6.92 Å². The first-order chi connectivity index (χ1) is 11.7. The summed E-state index contributed by atoms with van der Waals surface area (Å²) in [6.07, 6.45) is 2.12. The Labute approximate surface area is 148 Å². The standard InChI is InChI=1S/C21H16NS2/c1-13-10-11-15-19(18(13)16-8-5-6-12-22(16)2)24-20-14-7-3-4-9-17(14)23-21(15)20/h3-12H,1-2H3/q+1. The Kier molecular flexibility index (Phi) is 3.02. The highest BCUT2D eigenvalue weighted by Crippen LogP contribution is 2.47. The van der Waals surface area contributed by atoms with Crippen LogP contribution in [0.15, 0.2) is 60.8 Å². The summed E-state index contributed by atoms with van der Waals surface area (Å²) in [5, 5.41) is 2.78. The van der Waals surface area contributed by atoms with Crippen molar-refractivity contribution in [1.29, 1.82) is 0 Å². The van der Waals surface area contributed by atoms with E-state index in [1.807, 2.05) is 22.7 Å². The highest BCUT2D eigenvalue weighted by atomic mass is 32.1. The van der Waals surface area contributed by atoms with Crippen molar-refractivity contribution in [2.24, 2.45) is 7.05 Å². The number of nitrogens with zero attached hydrogens (tertiary/aromatic N) is 1. The smallest absolute Gasteiger partial charge is 0.201 e. The van der Waals surface area contributed by atoms with E-state index in [9.17, 15) is 0 Å². The molecule has 0 aliphatic carbocycles. The maximum absolute atomic E-state index is 2.30. The first kappa shape index (κ1) is 14.1. The molecular formula is C21H16NS2+. The van der Waals surface area contributed by atoms with Gasteiger partial charge in [-0.1, -0.05) is 30.3 Å². The van der Waals surface area contributed by atoms with Crippen LogP contribution in [0.4, 0.5) is 0 Å². The van der Waals surface area contributed by atoms with Crippen LogP contribution in [-0.2, 0) is 7.05 Å². The molecule has 0 aliphatic heterocycles. The zero-order valence-corrected chi connectivity index (χ0v) is 15.2. The van der Waals surface area contributed by atoms with Crippen molar-refractivity contribution >= 4 is 52.2 Å². The van der Waals surface area contributed by atoms with Gasteiger partial charge in [-0.2, -0.15) is 0 Å². The molecule has 3 aromatic heterocycles. The molecule has 1 nitrogen and oxygen atoms in total. The molecule has 0 atom stereocenters. The van der Waals surface area contributed by atoms with Gasteiger partial charge in [-0.3, -0.25) is 0 Å². The van der Waals surface area contributed by atoms with Gasteiger partial charge in [-0.05, 0) is 24.6 Å². The van der Waals surface area contributed by atoms with Gasteiger partial charge in [0.05, 0.1) is 19.7 Å². The third kappa shape index (κ3) is 1.89. The molecule has 0 N–H and O–H groups in total. The Balaban J connectivity index is 1.96. The molecule has 0 saturated heterocycles. The molecule has 0 spiro atoms. The predicted molar refractivity (Wildman–Crippen MR) is 106 cm³/mol. The largest absolute Gasteiger partial charge is 0.213 e. The maximum atomic E-state index is 2.30. The van der Waals surface area contributed by atoms with Gasteiger partial charge in [-0.25, -0.2) is 4.57 Å². The number of pyridine rings is 1. The molecule has 0 radical (unpaired) electrons. The molecule has 0 bridgehead atoms. The molecule has 3 heteroatoms. The normalized spacial score (nSPS) is 11.8.